The maximum Gasteiger partial charge on any atom is -0.0293 e. The zero-order valence-corrected chi connectivity index (χ0v) is 18.3. The topological polar surface area (TPSA) is 0 Å². The van der Waals surface area contributed by atoms with E-state index in [1.807, 2.05) is 0 Å². The van der Waals surface area contributed by atoms with Crippen molar-refractivity contribution in [1.82, 2.24) is 0 Å². The molecule has 0 aromatic carbocycles. The Bertz CT molecular complexity index is 291. The zero-order valence-electron chi connectivity index (χ0n) is 18.3. The predicted molar refractivity (Wildman–Crippen MR) is 110 cm³/mol. The molecule has 0 N–H and O–H groups in total. The van der Waals surface area contributed by atoms with Crippen molar-refractivity contribution in [3.8, 4) is 0 Å². The van der Waals surface area contributed by atoms with Gasteiger partial charge in [-0.05, 0) is 85.9 Å². The molecular formula is C24H48. The summed E-state index contributed by atoms with van der Waals surface area (Å²) in [6.45, 7) is 19.0. The third kappa shape index (κ3) is 7.49. The molecule has 0 heteroatoms. The fraction of sp³-hybridized carbons (Fsp3) is 1.00. The molecule has 2 aliphatic rings. The maximum absolute atomic E-state index is 2.38. The quantitative estimate of drug-likeness (QED) is 0.457. The molecular weight excluding hydrogens is 288 g/mol. The van der Waals surface area contributed by atoms with E-state index in [4.69, 9.17) is 0 Å². The van der Waals surface area contributed by atoms with Crippen molar-refractivity contribution in [2.24, 2.45) is 40.9 Å². The lowest BCUT2D eigenvalue weighted by atomic mass is 9.73. The van der Waals surface area contributed by atoms with E-state index in [9.17, 15) is 0 Å². The first-order valence-electron chi connectivity index (χ1n) is 11.1. The Balaban J connectivity index is 0.000000243. The van der Waals surface area contributed by atoms with Crippen LogP contribution in [-0.4, -0.2) is 0 Å². The molecule has 0 saturated heterocycles. The van der Waals surface area contributed by atoms with Gasteiger partial charge in [0.1, 0.15) is 0 Å². The van der Waals surface area contributed by atoms with Crippen molar-refractivity contribution in [2.45, 2.75) is 113 Å². The van der Waals surface area contributed by atoms with Crippen LogP contribution in [0, 0.1) is 40.9 Å². The van der Waals surface area contributed by atoms with Gasteiger partial charge >= 0.3 is 0 Å². The third-order valence-corrected chi connectivity index (χ3v) is 6.75. The van der Waals surface area contributed by atoms with Crippen LogP contribution in [0.3, 0.4) is 0 Å². The average molecular weight is 337 g/mol. The lowest BCUT2D eigenvalue weighted by Crippen LogP contribution is -2.21. The SMILES string of the molecule is CC(C)C1CCC(C(C)C)C1.CC(C)CC1(CC(C)C)CCCC1. The van der Waals surface area contributed by atoms with Gasteiger partial charge < -0.3 is 0 Å². The molecule has 2 unspecified atom stereocenters. The van der Waals surface area contributed by atoms with Crippen molar-refractivity contribution in [2.75, 3.05) is 0 Å². The van der Waals surface area contributed by atoms with E-state index in [2.05, 4.69) is 55.4 Å². The van der Waals surface area contributed by atoms with E-state index in [-0.39, 0.29) is 0 Å². The molecule has 0 bridgehead atoms. The smallest absolute Gasteiger partial charge is 0.0293 e. The summed E-state index contributed by atoms with van der Waals surface area (Å²) < 4.78 is 0. The molecule has 0 aliphatic heterocycles. The molecule has 2 fully saturated rings. The number of hydrogen-bond acceptors (Lipinski definition) is 0. The van der Waals surface area contributed by atoms with E-state index in [1.54, 1.807) is 0 Å². The Labute approximate surface area is 154 Å². The number of hydrogen-bond donors (Lipinski definition) is 0. The first kappa shape index (κ1) is 22.0. The van der Waals surface area contributed by atoms with Crippen molar-refractivity contribution in [3.05, 3.63) is 0 Å². The Morgan fingerprint density at radius 1 is 0.667 bits per heavy atom. The van der Waals surface area contributed by atoms with Crippen molar-refractivity contribution < 1.29 is 0 Å². The fourth-order valence-electron chi connectivity index (χ4n) is 5.61. The summed E-state index contributed by atoms with van der Waals surface area (Å²) in [5.74, 6) is 5.66. The number of rotatable bonds is 6. The van der Waals surface area contributed by atoms with Crippen LogP contribution in [0.4, 0.5) is 0 Å². The molecule has 0 aromatic rings. The average Bonchev–Trinajstić information content (AvgIpc) is 3.07. The summed E-state index contributed by atoms with van der Waals surface area (Å²) >= 11 is 0. The summed E-state index contributed by atoms with van der Waals surface area (Å²) in [7, 11) is 0. The summed E-state index contributed by atoms with van der Waals surface area (Å²) in [5.41, 5.74) is 0.738. The Morgan fingerprint density at radius 3 is 1.29 bits per heavy atom. The lowest BCUT2D eigenvalue weighted by Gasteiger charge is -2.32. The second-order valence-corrected chi connectivity index (χ2v) is 10.7. The van der Waals surface area contributed by atoms with E-state index in [1.165, 1.54) is 57.8 Å². The molecule has 24 heavy (non-hydrogen) atoms. The first-order chi connectivity index (χ1) is 11.1. The van der Waals surface area contributed by atoms with Gasteiger partial charge in [0, 0.05) is 0 Å². The van der Waals surface area contributed by atoms with Gasteiger partial charge in [0.05, 0.1) is 0 Å². The third-order valence-electron chi connectivity index (χ3n) is 6.75. The Kier molecular flexibility index (Phi) is 9.39. The minimum atomic E-state index is 0.738. The molecule has 0 amide bonds. The normalized spacial score (nSPS) is 26.5. The van der Waals surface area contributed by atoms with E-state index in [0.717, 1.165) is 40.9 Å². The summed E-state index contributed by atoms with van der Waals surface area (Å²) in [6.07, 6.45) is 13.4. The molecule has 0 aromatic heterocycles. The molecule has 2 atom stereocenters. The summed E-state index contributed by atoms with van der Waals surface area (Å²) in [4.78, 5) is 0. The van der Waals surface area contributed by atoms with Gasteiger partial charge in [0.25, 0.3) is 0 Å². The van der Waals surface area contributed by atoms with Gasteiger partial charge in [0.2, 0.25) is 0 Å². The summed E-state index contributed by atoms with van der Waals surface area (Å²) in [6, 6.07) is 0. The highest BCUT2D eigenvalue weighted by Crippen LogP contribution is 2.47. The molecule has 2 rings (SSSR count). The van der Waals surface area contributed by atoms with E-state index in [0.29, 0.717) is 0 Å². The van der Waals surface area contributed by atoms with Crippen LogP contribution in [0.15, 0.2) is 0 Å². The Hall–Kier alpha value is 0. The zero-order chi connectivity index (χ0) is 18.3. The lowest BCUT2D eigenvalue weighted by molar-refractivity contribution is 0.188. The van der Waals surface area contributed by atoms with Crippen molar-refractivity contribution >= 4 is 0 Å². The monoisotopic (exact) mass is 336 g/mol. The first-order valence-corrected chi connectivity index (χ1v) is 11.1. The van der Waals surface area contributed by atoms with Gasteiger partial charge in [0.15, 0.2) is 0 Å². The van der Waals surface area contributed by atoms with Crippen LogP contribution in [0.2, 0.25) is 0 Å². The van der Waals surface area contributed by atoms with Gasteiger partial charge in [-0.15, -0.1) is 0 Å². The minimum Gasteiger partial charge on any atom is -0.0628 e. The van der Waals surface area contributed by atoms with Crippen LogP contribution in [-0.2, 0) is 0 Å². The fourth-order valence-corrected chi connectivity index (χ4v) is 5.61. The van der Waals surface area contributed by atoms with Crippen LogP contribution < -0.4 is 0 Å². The molecule has 2 aliphatic carbocycles. The highest BCUT2D eigenvalue weighted by molar-refractivity contribution is 4.86. The van der Waals surface area contributed by atoms with Crippen LogP contribution in [0.5, 0.6) is 0 Å². The Morgan fingerprint density at radius 2 is 1.04 bits per heavy atom. The second-order valence-electron chi connectivity index (χ2n) is 10.7. The molecule has 0 heterocycles. The van der Waals surface area contributed by atoms with Crippen molar-refractivity contribution in [1.29, 1.82) is 0 Å². The highest BCUT2D eigenvalue weighted by Gasteiger charge is 2.34. The van der Waals surface area contributed by atoms with Gasteiger partial charge in [-0.2, -0.15) is 0 Å². The molecule has 2 saturated carbocycles. The summed E-state index contributed by atoms with van der Waals surface area (Å²) in [5, 5.41) is 0. The largest absolute Gasteiger partial charge is 0.0628 e. The molecule has 0 radical (unpaired) electrons. The molecule has 144 valence electrons. The van der Waals surface area contributed by atoms with Crippen molar-refractivity contribution in [3.63, 3.8) is 0 Å². The maximum atomic E-state index is 2.38. The van der Waals surface area contributed by atoms with Gasteiger partial charge in [-0.3, -0.25) is 0 Å². The van der Waals surface area contributed by atoms with Crippen LogP contribution in [0.1, 0.15) is 113 Å². The van der Waals surface area contributed by atoms with Crippen LogP contribution in [0.25, 0.3) is 0 Å². The second kappa shape index (κ2) is 10.2. The highest BCUT2D eigenvalue weighted by atomic mass is 14.4. The molecule has 0 spiro atoms. The minimum absolute atomic E-state index is 0.738. The molecule has 0 nitrogen and oxygen atoms in total. The van der Waals surface area contributed by atoms with Gasteiger partial charge in [-0.1, -0.05) is 68.2 Å². The predicted octanol–water partition coefficient (Wildman–Crippen LogP) is 8.35. The van der Waals surface area contributed by atoms with E-state index >= 15 is 0 Å². The van der Waals surface area contributed by atoms with Gasteiger partial charge in [-0.25, -0.2) is 0 Å². The van der Waals surface area contributed by atoms with Crippen LogP contribution >= 0.6 is 0 Å². The standard InChI is InChI=1S/C13H26.C11H22/c1-11(2)9-13(10-12(3)4)7-5-6-8-13;1-8(2)10-5-6-11(7-10)9(3)4/h11-12H,5-10H2,1-4H3;8-11H,5-7H2,1-4H3. The van der Waals surface area contributed by atoms with E-state index < -0.39 is 0 Å².